The summed E-state index contributed by atoms with van der Waals surface area (Å²) in [7, 11) is -2.15. The second-order valence-corrected chi connectivity index (χ2v) is 6.59. The Kier molecular flexibility index (Phi) is 4.64. The third-order valence-corrected chi connectivity index (χ3v) is 4.60. The first kappa shape index (κ1) is 15.2. The molecule has 0 aliphatic rings. The first-order valence-corrected chi connectivity index (χ1v) is 7.93. The molecular formula is C12H16ClN3O3S. The van der Waals surface area contributed by atoms with Crippen molar-refractivity contribution in [1.29, 1.82) is 0 Å². The molecule has 2 aromatic rings. The van der Waals surface area contributed by atoms with Crippen molar-refractivity contribution in [3.05, 3.63) is 29.5 Å². The standard InChI is InChI=1S/C12H16ClN3O3S/c1-9(8-19-2)7-14-20(17,18)12-11(13)15-10-5-3-4-6-16(10)12/h3-6,9,14H,7-8H2,1-2H3. The lowest BCUT2D eigenvalue weighted by Crippen LogP contribution is -2.31. The number of hydrogen-bond donors (Lipinski definition) is 1. The van der Waals surface area contributed by atoms with Crippen molar-refractivity contribution >= 4 is 27.3 Å². The number of halogens is 1. The second kappa shape index (κ2) is 6.09. The van der Waals surface area contributed by atoms with E-state index in [2.05, 4.69) is 9.71 Å². The fourth-order valence-corrected chi connectivity index (χ4v) is 3.65. The molecule has 8 heteroatoms. The van der Waals surface area contributed by atoms with Gasteiger partial charge in [0.2, 0.25) is 0 Å². The number of methoxy groups -OCH3 is 1. The van der Waals surface area contributed by atoms with E-state index in [1.165, 1.54) is 4.40 Å². The molecule has 1 atom stereocenters. The summed E-state index contributed by atoms with van der Waals surface area (Å²) in [6.07, 6.45) is 1.61. The minimum Gasteiger partial charge on any atom is -0.384 e. The van der Waals surface area contributed by atoms with Gasteiger partial charge in [-0.3, -0.25) is 4.40 Å². The van der Waals surface area contributed by atoms with Crippen LogP contribution in [0.25, 0.3) is 5.65 Å². The van der Waals surface area contributed by atoms with Gasteiger partial charge in [-0.2, -0.15) is 0 Å². The fraction of sp³-hybridized carbons (Fsp3) is 0.417. The molecule has 6 nitrogen and oxygen atoms in total. The van der Waals surface area contributed by atoms with Crippen LogP contribution in [0.3, 0.4) is 0 Å². The molecule has 0 aromatic carbocycles. The average molecular weight is 318 g/mol. The highest BCUT2D eigenvalue weighted by atomic mass is 35.5. The SMILES string of the molecule is COCC(C)CNS(=O)(=O)c1c(Cl)nc2ccccn12. The van der Waals surface area contributed by atoms with Crippen LogP contribution in [0, 0.1) is 5.92 Å². The highest BCUT2D eigenvalue weighted by Gasteiger charge is 2.24. The molecule has 2 heterocycles. The van der Waals surface area contributed by atoms with Crippen LogP contribution in [0.15, 0.2) is 29.4 Å². The summed E-state index contributed by atoms with van der Waals surface area (Å²) in [5.74, 6) is 0.0627. The van der Waals surface area contributed by atoms with Crippen molar-refractivity contribution in [1.82, 2.24) is 14.1 Å². The molecule has 0 aliphatic heterocycles. The third-order valence-electron chi connectivity index (χ3n) is 2.77. The molecule has 0 amide bonds. The number of hydrogen-bond acceptors (Lipinski definition) is 4. The lowest BCUT2D eigenvalue weighted by Gasteiger charge is -2.11. The molecule has 110 valence electrons. The summed E-state index contributed by atoms with van der Waals surface area (Å²) in [6.45, 7) is 2.64. The van der Waals surface area contributed by atoms with Crippen LogP contribution in [0.5, 0.6) is 0 Å². The predicted octanol–water partition coefficient (Wildman–Crippen LogP) is 1.55. The van der Waals surface area contributed by atoms with Gasteiger partial charge in [-0.15, -0.1) is 0 Å². The number of nitrogens with zero attached hydrogens (tertiary/aromatic N) is 2. The molecule has 1 N–H and O–H groups in total. The number of rotatable bonds is 6. The molecule has 0 saturated heterocycles. The van der Waals surface area contributed by atoms with Crippen molar-refractivity contribution in [2.75, 3.05) is 20.3 Å². The monoisotopic (exact) mass is 317 g/mol. The van der Waals surface area contributed by atoms with Gasteiger partial charge in [0.05, 0.1) is 0 Å². The Morgan fingerprint density at radius 1 is 1.50 bits per heavy atom. The number of ether oxygens (including phenoxy) is 1. The van der Waals surface area contributed by atoms with Crippen LogP contribution >= 0.6 is 11.6 Å². The van der Waals surface area contributed by atoms with E-state index in [1.54, 1.807) is 31.5 Å². The van der Waals surface area contributed by atoms with Crippen LogP contribution < -0.4 is 4.72 Å². The summed E-state index contributed by atoms with van der Waals surface area (Å²) in [5.41, 5.74) is 0.489. The van der Waals surface area contributed by atoms with E-state index >= 15 is 0 Å². The van der Waals surface area contributed by atoms with Crippen LogP contribution in [0.4, 0.5) is 0 Å². The Morgan fingerprint density at radius 2 is 2.25 bits per heavy atom. The summed E-state index contributed by atoms with van der Waals surface area (Å²) in [4.78, 5) is 4.03. The summed E-state index contributed by atoms with van der Waals surface area (Å²) < 4.78 is 33.6. The van der Waals surface area contributed by atoms with E-state index in [1.807, 2.05) is 6.92 Å². The third kappa shape index (κ3) is 3.12. The lowest BCUT2D eigenvalue weighted by molar-refractivity contribution is 0.161. The smallest absolute Gasteiger partial charge is 0.259 e. The van der Waals surface area contributed by atoms with Crippen LogP contribution in [-0.2, 0) is 14.8 Å². The molecule has 20 heavy (non-hydrogen) atoms. The molecule has 2 rings (SSSR count). The van der Waals surface area contributed by atoms with E-state index in [-0.39, 0.29) is 22.6 Å². The van der Waals surface area contributed by atoms with Crippen LogP contribution in [0.1, 0.15) is 6.92 Å². The Labute approximate surface area is 122 Å². The van der Waals surface area contributed by atoms with Gasteiger partial charge in [0.25, 0.3) is 10.0 Å². The van der Waals surface area contributed by atoms with E-state index in [0.29, 0.717) is 12.3 Å². The van der Waals surface area contributed by atoms with Crippen molar-refractivity contribution in [2.45, 2.75) is 11.9 Å². The molecule has 0 bridgehead atoms. The molecule has 0 saturated carbocycles. The topological polar surface area (TPSA) is 72.7 Å². The zero-order chi connectivity index (χ0) is 14.8. The van der Waals surface area contributed by atoms with E-state index in [0.717, 1.165) is 0 Å². The Balaban J connectivity index is 2.30. The summed E-state index contributed by atoms with van der Waals surface area (Å²) in [5, 5.41) is -0.0810. The van der Waals surface area contributed by atoms with Crippen molar-refractivity contribution < 1.29 is 13.2 Å². The molecule has 0 fully saturated rings. The minimum absolute atomic E-state index is 0.0388. The molecule has 0 spiro atoms. The van der Waals surface area contributed by atoms with Gasteiger partial charge in [-0.05, 0) is 18.1 Å². The second-order valence-electron chi connectivity index (χ2n) is 4.55. The van der Waals surface area contributed by atoms with Crippen LogP contribution in [-0.4, -0.2) is 38.1 Å². The normalized spacial score (nSPS) is 13.8. The number of nitrogens with one attached hydrogen (secondary N) is 1. The van der Waals surface area contributed by atoms with Crippen molar-refractivity contribution in [3.63, 3.8) is 0 Å². The van der Waals surface area contributed by atoms with Gasteiger partial charge in [0.1, 0.15) is 5.65 Å². The Morgan fingerprint density at radius 3 is 2.95 bits per heavy atom. The summed E-state index contributed by atoms with van der Waals surface area (Å²) in [6, 6.07) is 5.18. The van der Waals surface area contributed by atoms with Gasteiger partial charge in [0, 0.05) is 26.5 Å². The number of pyridine rings is 1. The van der Waals surface area contributed by atoms with Gasteiger partial charge >= 0.3 is 0 Å². The zero-order valence-corrected chi connectivity index (χ0v) is 12.8. The van der Waals surface area contributed by atoms with Gasteiger partial charge in [0.15, 0.2) is 10.2 Å². The van der Waals surface area contributed by atoms with Crippen molar-refractivity contribution in [3.8, 4) is 0 Å². The Bertz CT molecular complexity index is 699. The minimum atomic E-state index is -3.72. The largest absolute Gasteiger partial charge is 0.384 e. The molecule has 2 aromatic heterocycles. The van der Waals surface area contributed by atoms with E-state index in [4.69, 9.17) is 16.3 Å². The number of imidazole rings is 1. The fourth-order valence-electron chi connectivity index (χ4n) is 1.85. The summed E-state index contributed by atoms with van der Waals surface area (Å²) >= 11 is 5.95. The highest BCUT2D eigenvalue weighted by Crippen LogP contribution is 2.22. The van der Waals surface area contributed by atoms with E-state index < -0.39 is 10.0 Å². The molecule has 0 radical (unpaired) electrons. The maximum absolute atomic E-state index is 12.3. The van der Waals surface area contributed by atoms with E-state index in [9.17, 15) is 8.42 Å². The van der Waals surface area contributed by atoms with Gasteiger partial charge in [-0.25, -0.2) is 18.1 Å². The first-order chi connectivity index (χ1) is 9.45. The zero-order valence-electron chi connectivity index (χ0n) is 11.2. The number of fused-ring (bicyclic) bond motifs is 1. The van der Waals surface area contributed by atoms with Crippen LogP contribution in [0.2, 0.25) is 5.15 Å². The predicted molar refractivity (Wildman–Crippen MR) is 76.4 cm³/mol. The molecule has 0 aliphatic carbocycles. The lowest BCUT2D eigenvalue weighted by atomic mass is 10.2. The maximum Gasteiger partial charge on any atom is 0.259 e. The molecular weight excluding hydrogens is 302 g/mol. The molecule has 1 unspecified atom stereocenters. The maximum atomic E-state index is 12.3. The highest BCUT2D eigenvalue weighted by molar-refractivity contribution is 7.89. The Hall–Kier alpha value is -1.15. The quantitative estimate of drug-likeness (QED) is 0.877. The van der Waals surface area contributed by atoms with Crippen molar-refractivity contribution in [2.24, 2.45) is 5.92 Å². The van der Waals surface area contributed by atoms with Gasteiger partial charge < -0.3 is 4.74 Å². The van der Waals surface area contributed by atoms with Gasteiger partial charge in [-0.1, -0.05) is 24.6 Å². The number of sulfonamides is 1. The average Bonchev–Trinajstić information content (AvgIpc) is 2.73. The first-order valence-electron chi connectivity index (χ1n) is 6.07. The number of aromatic nitrogens is 2.